The third-order valence-electron chi connectivity index (χ3n) is 5.36. The molecular weight excluding hydrogens is 400 g/mol. The van der Waals surface area contributed by atoms with Gasteiger partial charge >= 0.3 is 5.97 Å². The van der Waals surface area contributed by atoms with E-state index in [1.165, 1.54) is 18.1 Å². The highest BCUT2D eigenvalue weighted by Gasteiger charge is 2.18. The van der Waals surface area contributed by atoms with E-state index < -0.39 is 0 Å². The maximum Gasteiger partial charge on any atom is 0.305 e. The molecule has 5 nitrogen and oxygen atoms in total. The summed E-state index contributed by atoms with van der Waals surface area (Å²) < 4.78 is 11.0. The number of hydrogen-bond donors (Lipinski definition) is 1. The Morgan fingerprint density at radius 1 is 1.09 bits per heavy atom. The van der Waals surface area contributed by atoms with Crippen LogP contribution < -0.4 is 10.1 Å². The predicted octanol–water partition coefficient (Wildman–Crippen LogP) is 5.06. The lowest BCUT2D eigenvalue weighted by Gasteiger charge is -2.28. The fourth-order valence-electron chi connectivity index (χ4n) is 3.97. The number of methoxy groups -OCH3 is 1. The van der Waals surface area contributed by atoms with Gasteiger partial charge in [0.25, 0.3) is 0 Å². The molecule has 0 saturated heterocycles. The van der Waals surface area contributed by atoms with E-state index in [2.05, 4.69) is 62.4 Å². The van der Waals surface area contributed by atoms with E-state index in [1.807, 2.05) is 24.3 Å². The van der Waals surface area contributed by atoms with Gasteiger partial charge in [-0.25, -0.2) is 0 Å². The maximum absolute atomic E-state index is 11.3. The summed E-state index contributed by atoms with van der Waals surface area (Å²) in [5.74, 6) is 0.769. The van der Waals surface area contributed by atoms with Crippen molar-refractivity contribution in [3.8, 4) is 5.75 Å². The SMILES string of the molecule is COC(=O)CCCC/C=C(/CNCC(C)(C)CN(C)C)COc1cccc2ccccc12. The van der Waals surface area contributed by atoms with E-state index in [0.717, 1.165) is 50.0 Å². The predicted molar refractivity (Wildman–Crippen MR) is 133 cm³/mol. The number of benzene rings is 2. The van der Waals surface area contributed by atoms with Crippen LogP contribution in [0.15, 0.2) is 54.1 Å². The van der Waals surface area contributed by atoms with Gasteiger partial charge in [0.2, 0.25) is 0 Å². The highest BCUT2D eigenvalue weighted by molar-refractivity contribution is 5.88. The molecule has 0 heterocycles. The summed E-state index contributed by atoms with van der Waals surface area (Å²) >= 11 is 0. The van der Waals surface area contributed by atoms with E-state index in [-0.39, 0.29) is 11.4 Å². The van der Waals surface area contributed by atoms with Crippen LogP contribution in [0.4, 0.5) is 0 Å². The van der Waals surface area contributed by atoms with E-state index in [1.54, 1.807) is 0 Å². The summed E-state index contributed by atoms with van der Waals surface area (Å²) in [6.07, 6.45) is 5.45. The molecule has 2 aromatic carbocycles. The first-order valence-corrected chi connectivity index (χ1v) is 11.5. The quantitative estimate of drug-likeness (QED) is 0.253. The number of allylic oxidation sites excluding steroid dienone is 1. The van der Waals surface area contributed by atoms with Crippen molar-refractivity contribution in [3.05, 3.63) is 54.1 Å². The first-order chi connectivity index (χ1) is 15.3. The highest BCUT2D eigenvalue weighted by Crippen LogP contribution is 2.25. The number of ether oxygens (including phenoxy) is 2. The molecular formula is C27H40N2O3. The third-order valence-corrected chi connectivity index (χ3v) is 5.36. The molecule has 0 fully saturated rings. The van der Waals surface area contributed by atoms with Gasteiger partial charge in [-0.1, -0.05) is 56.3 Å². The number of carbonyl (C=O) groups is 1. The van der Waals surface area contributed by atoms with Gasteiger partial charge < -0.3 is 19.7 Å². The summed E-state index contributed by atoms with van der Waals surface area (Å²) in [6.45, 7) is 7.86. The molecule has 0 aliphatic carbocycles. The number of hydrogen-bond acceptors (Lipinski definition) is 5. The molecule has 5 heteroatoms. The fourth-order valence-corrected chi connectivity index (χ4v) is 3.97. The van der Waals surface area contributed by atoms with Crippen molar-refractivity contribution in [2.75, 3.05) is 47.4 Å². The second-order valence-electron chi connectivity index (χ2n) is 9.46. The molecule has 2 rings (SSSR count). The number of carbonyl (C=O) groups excluding carboxylic acids is 1. The van der Waals surface area contributed by atoms with Crippen molar-refractivity contribution in [2.24, 2.45) is 5.41 Å². The number of rotatable bonds is 14. The van der Waals surface area contributed by atoms with E-state index >= 15 is 0 Å². The van der Waals surface area contributed by atoms with Crippen molar-refractivity contribution in [1.82, 2.24) is 10.2 Å². The molecule has 0 saturated carbocycles. The third kappa shape index (κ3) is 9.41. The minimum atomic E-state index is -0.140. The van der Waals surface area contributed by atoms with Gasteiger partial charge in [-0.3, -0.25) is 4.79 Å². The molecule has 0 atom stereocenters. The first-order valence-electron chi connectivity index (χ1n) is 11.5. The standard InChI is InChI=1S/C27H40N2O3/c1-27(2,21-29(3)4)20-28-18-22(12-7-6-8-17-26(30)31-5)19-32-25-16-11-14-23-13-9-10-15-24(23)25/h9-16,28H,6-8,17-21H2,1-5H3/b22-12-. The van der Waals surface area contributed by atoms with Crippen LogP contribution in [0.5, 0.6) is 5.75 Å². The van der Waals surface area contributed by atoms with Crippen LogP contribution in [0, 0.1) is 5.41 Å². The van der Waals surface area contributed by atoms with Crippen LogP contribution in [0.2, 0.25) is 0 Å². The van der Waals surface area contributed by atoms with Crippen LogP contribution >= 0.6 is 0 Å². The molecule has 0 bridgehead atoms. The second kappa shape index (κ2) is 13.2. The number of esters is 1. The smallest absolute Gasteiger partial charge is 0.305 e. The van der Waals surface area contributed by atoms with Gasteiger partial charge in [0, 0.05) is 31.4 Å². The summed E-state index contributed by atoms with van der Waals surface area (Å²) in [4.78, 5) is 13.5. The Bertz CT molecular complexity index is 869. The molecule has 0 unspecified atom stereocenters. The Kier molecular flexibility index (Phi) is 10.7. The molecule has 2 aromatic rings. The van der Waals surface area contributed by atoms with Crippen molar-refractivity contribution >= 4 is 16.7 Å². The van der Waals surface area contributed by atoms with Gasteiger partial charge in [0.1, 0.15) is 12.4 Å². The van der Waals surface area contributed by atoms with Gasteiger partial charge in [-0.05, 0) is 55.8 Å². The summed E-state index contributed by atoms with van der Waals surface area (Å²) in [5.41, 5.74) is 1.42. The highest BCUT2D eigenvalue weighted by atomic mass is 16.5. The summed E-state index contributed by atoms with van der Waals surface area (Å²) in [7, 11) is 5.66. The lowest BCUT2D eigenvalue weighted by Crippen LogP contribution is -2.38. The van der Waals surface area contributed by atoms with Gasteiger partial charge in [0.05, 0.1) is 7.11 Å². The van der Waals surface area contributed by atoms with Gasteiger partial charge in [-0.15, -0.1) is 0 Å². The zero-order chi connectivity index (χ0) is 23.4. The molecule has 176 valence electrons. The average molecular weight is 441 g/mol. The Labute approximate surface area is 193 Å². The Morgan fingerprint density at radius 2 is 1.84 bits per heavy atom. The zero-order valence-corrected chi connectivity index (χ0v) is 20.4. The normalized spacial score (nSPS) is 12.4. The van der Waals surface area contributed by atoms with Crippen molar-refractivity contribution in [3.63, 3.8) is 0 Å². The van der Waals surface area contributed by atoms with Crippen LogP contribution in [-0.2, 0) is 9.53 Å². The average Bonchev–Trinajstić information content (AvgIpc) is 2.75. The fraction of sp³-hybridized carbons (Fsp3) is 0.519. The van der Waals surface area contributed by atoms with Crippen molar-refractivity contribution in [1.29, 1.82) is 0 Å². The monoisotopic (exact) mass is 440 g/mol. The van der Waals surface area contributed by atoms with Crippen LogP contribution in [0.3, 0.4) is 0 Å². The molecule has 0 amide bonds. The van der Waals surface area contributed by atoms with Gasteiger partial charge in [0.15, 0.2) is 0 Å². The summed E-state index contributed by atoms with van der Waals surface area (Å²) in [5, 5.41) is 5.94. The van der Waals surface area contributed by atoms with Crippen molar-refractivity contribution < 1.29 is 14.3 Å². The molecule has 0 radical (unpaired) electrons. The lowest BCUT2D eigenvalue weighted by molar-refractivity contribution is -0.140. The number of nitrogens with one attached hydrogen (secondary N) is 1. The number of unbranched alkanes of at least 4 members (excludes halogenated alkanes) is 2. The Balaban J connectivity index is 1.97. The molecule has 1 N–H and O–H groups in total. The topological polar surface area (TPSA) is 50.8 Å². The molecule has 0 aliphatic rings. The van der Waals surface area contributed by atoms with Crippen molar-refractivity contribution in [2.45, 2.75) is 39.5 Å². The molecule has 32 heavy (non-hydrogen) atoms. The largest absolute Gasteiger partial charge is 0.489 e. The van der Waals surface area contributed by atoms with E-state index in [9.17, 15) is 4.79 Å². The molecule has 0 aromatic heterocycles. The van der Waals surface area contributed by atoms with Crippen LogP contribution in [0.1, 0.15) is 39.5 Å². The minimum Gasteiger partial charge on any atom is -0.489 e. The Hall–Kier alpha value is -2.37. The molecule has 0 spiro atoms. The van der Waals surface area contributed by atoms with E-state index in [0.29, 0.717) is 13.0 Å². The Morgan fingerprint density at radius 3 is 2.59 bits per heavy atom. The van der Waals surface area contributed by atoms with Gasteiger partial charge in [-0.2, -0.15) is 0 Å². The van der Waals surface area contributed by atoms with Crippen LogP contribution in [-0.4, -0.2) is 58.3 Å². The summed E-state index contributed by atoms with van der Waals surface area (Å²) in [6, 6.07) is 14.5. The molecule has 0 aliphatic heterocycles. The minimum absolute atomic E-state index is 0.140. The lowest BCUT2D eigenvalue weighted by atomic mass is 9.93. The first kappa shape index (κ1) is 25.9. The number of nitrogens with zero attached hydrogens (tertiary/aromatic N) is 1. The zero-order valence-electron chi connectivity index (χ0n) is 20.4. The van der Waals surface area contributed by atoms with Crippen LogP contribution in [0.25, 0.3) is 10.8 Å². The number of fused-ring (bicyclic) bond motifs is 1. The second-order valence-corrected chi connectivity index (χ2v) is 9.46. The maximum atomic E-state index is 11.3. The van der Waals surface area contributed by atoms with E-state index in [4.69, 9.17) is 9.47 Å².